The van der Waals surface area contributed by atoms with Crippen LogP contribution in [0.2, 0.25) is 0 Å². The molecular weight excluding hydrogens is 397 g/mol. The third-order valence-electron chi connectivity index (χ3n) is 5.66. The third-order valence-corrected chi connectivity index (χ3v) is 8.85. The van der Waals surface area contributed by atoms with Gasteiger partial charge in [0.2, 0.25) is 5.91 Å². The number of hydrogen-bond donors (Lipinski definition) is 0. The number of carbonyl (C=O) groups excluding carboxylic acids is 1. The van der Waals surface area contributed by atoms with E-state index in [2.05, 4.69) is 0 Å². The van der Waals surface area contributed by atoms with Gasteiger partial charge in [-0.2, -0.15) is 0 Å². The maximum absolute atomic E-state index is 13.0. The minimum absolute atomic E-state index is 0.0106. The molecule has 0 aromatic heterocycles. The number of fused-ring (bicyclic) bond motifs is 2. The Morgan fingerprint density at radius 2 is 1.61 bits per heavy atom. The molecule has 2 aliphatic heterocycles. The molecule has 0 N–H and O–H groups in total. The largest absolute Gasteiger partial charge is 0.336 e. The van der Waals surface area contributed by atoms with Crippen molar-refractivity contribution in [3.05, 3.63) is 60.4 Å². The number of thioether (sulfide) groups is 1. The first-order valence-electron chi connectivity index (χ1n) is 9.43. The van der Waals surface area contributed by atoms with Gasteiger partial charge >= 0.3 is 0 Å². The molecular formula is C21H22FNO3S2. The number of halogens is 1. The smallest absolute Gasteiger partial charge is 0.233 e. The van der Waals surface area contributed by atoms with E-state index in [1.54, 1.807) is 36.4 Å². The highest BCUT2D eigenvalue weighted by Crippen LogP contribution is 2.40. The van der Waals surface area contributed by atoms with Gasteiger partial charge in [0.05, 0.1) is 15.9 Å². The van der Waals surface area contributed by atoms with Crippen LogP contribution in [-0.4, -0.2) is 42.3 Å². The van der Waals surface area contributed by atoms with Gasteiger partial charge in [0.1, 0.15) is 5.82 Å². The van der Waals surface area contributed by atoms with E-state index in [4.69, 9.17) is 0 Å². The van der Waals surface area contributed by atoms with Crippen molar-refractivity contribution in [2.75, 3.05) is 5.75 Å². The fourth-order valence-electron chi connectivity index (χ4n) is 4.34. The van der Waals surface area contributed by atoms with Crippen molar-refractivity contribution in [3.63, 3.8) is 0 Å². The summed E-state index contributed by atoms with van der Waals surface area (Å²) in [6.07, 6.45) is 2.72. The summed E-state index contributed by atoms with van der Waals surface area (Å²) < 4.78 is 39.0. The van der Waals surface area contributed by atoms with Crippen molar-refractivity contribution in [2.24, 2.45) is 0 Å². The Labute approximate surface area is 169 Å². The quantitative estimate of drug-likeness (QED) is 0.690. The molecule has 2 aromatic carbocycles. The molecule has 28 heavy (non-hydrogen) atoms. The van der Waals surface area contributed by atoms with E-state index in [1.807, 2.05) is 11.0 Å². The van der Waals surface area contributed by atoms with Crippen LogP contribution in [-0.2, 0) is 14.6 Å². The first-order chi connectivity index (χ1) is 13.4. The van der Waals surface area contributed by atoms with Crippen molar-refractivity contribution in [1.82, 2.24) is 4.90 Å². The van der Waals surface area contributed by atoms with Crippen LogP contribution in [0.5, 0.6) is 0 Å². The number of nitrogens with zero attached hydrogens (tertiary/aromatic N) is 1. The molecule has 2 unspecified atom stereocenters. The van der Waals surface area contributed by atoms with Crippen LogP contribution < -0.4 is 0 Å². The van der Waals surface area contributed by atoms with Crippen molar-refractivity contribution in [1.29, 1.82) is 0 Å². The van der Waals surface area contributed by atoms with Gasteiger partial charge in [-0.1, -0.05) is 18.2 Å². The monoisotopic (exact) mass is 419 g/mol. The molecule has 2 heterocycles. The second-order valence-corrected chi connectivity index (χ2v) is 10.7. The molecule has 148 valence electrons. The summed E-state index contributed by atoms with van der Waals surface area (Å²) in [7, 11) is -3.38. The summed E-state index contributed by atoms with van der Waals surface area (Å²) in [5.74, 6) is 0.0298. The van der Waals surface area contributed by atoms with Crippen molar-refractivity contribution in [3.8, 4) is 0 Å². The molecule has 2 fully saturated rings. The Hall–Kier alpha value is -1.86. The number of carbonyl (C=O) groups is 1. The van der Waals surface area contributed by atoms with Crippen LogP contribution in [0.4, 0.5) is 4.39 Å². The molecule has 1 amide bonds. The Morgan fingerprint density at radius 3 is 2.21 bits per heavy atom. The maximum Gasteiger partial charge on any atom is 0.233 e. The maximum atomic E-state index is 13.0. The van der Waals surface area contributed by atoms with Gasteiger partial charge in [-0.3, -0.25) is 4.79 Å². The van der Waals surface area contributed by atoms with E-state index in [0.29, 0.717) is 17.7 Å². The zero-order chi connectivity index (χ0) is 19.7. The van der Waals surface area contributed by atoms with Crippen molar-refractivity contribution >= 4 is 27.5 Å². The molecule has 2 bridgehead atoms. The first kappa shape index (κ1) is 19.5. The van der Waals surface area contributed by atoms with Gasteiger partial charge in [0.15, 0.2) is 9.84 Å². The van der Waals surface area contributed by atoms with E-state index in [1.165, 1.54) is 23.9 Å². The summed E-state index contributed by atoms with van der Waals surface area (Å²) >= 11 is 1.39. The topological polar surface area (TPSA) is 54.5 Å². The number of sulfone groups is 1. The molecule has 0 radical (unpaired) electrons. The molecule has 0 aliphatic carbocycles. The van der Waals surface area contributed by atoms with Gasteiger partial charge in [0.25, 0.3) is 0 Å². The summed E-state index contributed by atoms with van der Waals surface area (Å²) in [5, 5.41) is -0.429. The number of piperidine rings is 1. The second-order valence-electron chi connectivity index (χ2n) is 7.38. The summed E-state index contributed by atoms with van der Waals surface area (Å²) in [4.78, 5) is 15.9. The van der Waals surface area contributed by atoms with Gasteiger partial charge in [-0.05, 0) is 62.1 Å². The van der Waals surface area contributed by atoms with Gasteiger partial charge < -0.3 is 4.90 Å². The zero-order valence-corrected chi connectivity index (χ0v) is 17.0. The average molecular weight is 420 g/mol. The predicted octanol–water partition coefficient (Wildman–Crippen LogP) is 3.91. The molecule has 7 heteroatoms. The normalized spacial score (nSPS) is 24.3. The van der Waals surface area contributed by atoms with E-state index in [0.717, 1.165) is 17.7 Å². The highest BCUT2D eigenvalue weighted by atomic mass is 32.2. The number of hydrogen-bond acceptors (Lipinski definition) is 4. The van der Waals surface area contributed by atoms with E-state index in [-0.39, 0.29) is 29.6 Å². The summed E-state index contributed by atoms with van der Waals surface area (Å²) in [6, 6.07) is 14.7. The first-order valence-corrected chi connectivity index (χ1v) is 12.0. The lowest BCUT2D eigenvalue weighted by atomic mass is 10.0. The Kier molecular flexibility index (Phi) is 5.47. The minimum Gasteiger partial charge on any atom is -0.336 e. The molecule has 0 saturated carbocycles. The second kappa shape index (κ2) is 7.87. The SMILES string of the molecule is O=C(CSc1ccc(F)cc1)N1C2CCC1CC(S(=O)(=O)c1ccccc1)C2. The van der Waals surface area contributed by atoms with Crippen LogP contribution in [0, 0.1) is 5.82 Å². The predicted molar refractivity (Wildman–Crippen MR) is 107 cm³/mol. The van der Waals surface area contributed by atoms with Crippen molar-refractivity contribution < 1.29 is 17.6 Å². The van der Waals surface area contributed by atoms with E-state index < -0.39 is 15.1 Å². The average Bonchev–Trinajstić information content (AvgIpc) is 2.97. The Bertz CT molecular complexity index is 933. The molecule has 4 rings (SSSR count). The third kappa shape index (κ3) is 3.82. The van der Waals surface area contributed by atoms with Gasteiger partial charge in [0, 0.05) is 17.0 Å². The molecule has 4 nitrogen and oxygen atoms in total. The zero-order valence-electron chi connectivity index (χ0n) is 15.3. The fourth-order valence-corrected chi connectivity index (χ4v) is 6.98. The number of amides is 1. The molecule has 2 aromatic rings. The lowest BCUT2D eigenvalue weighted by molar-refractivity contribution is -0.132. The van der Waals surface area contributed by atoms with Crippen LogP contribution in [0.1, 0.15) is 25.7 Å². The van der Waals surface area contributed by atoms with E-state index >= 15 is 0 Å². The van der Waals surface area contributed by atoms with Crippen LogP contribution >= 0.6 is 11.8 Å². The van der Waals surface area contributed by atoms with Crippen LogP contribution in [0.3, 0.4) is 0 Å². The van der Waals surface area contributed by atoms with Gasteiger partial charge in [-0.15, -0.1) is 11.8 Å². The molecule has 2 aliphatic rings. The number of benzene rings is 2. The lowest BCUT2D eigenvalue weighted by Gasteiger charge is -2.38. The highest BCUT2D eigenvalue weighted by Gasteiger charge is 2.46. The van der Waals surface area contributed by atoms with Crippen LogP contribution in [0.25, 0.3) is 0 Å². The molecule has 0 spiro atoms. The minimum atomic E-state index is -3.38. The fraction of sp³-hybridized carbons (Fsp3) is 0.381. The Balaban J connectivity index is 1.42. The van der Waals surface area contributed by atoms with Gasteiger partial charge in [-0.25, -0.2) is 12.8 Å². The Morgan fingerprint density at radius 1 is 1.00 bits per heavy atom. The standard InChI is InChI=1S/C21H22FNO3S2/c22-15-6-10-18(11-7-15)27-14-21(24)23-16-8-9-17(23)13-20(12-16)28(25,26)19-4-2-1-3-5-19/h1-7,10-11,16-17,20H,8-9,12-14H2. The van der Waals surface area contributed by atoms with Crippen LogP contribution in [0.15, 0.2) is 64.4 Å². The summed E-state index contributed by atoms with van der Waals surface area (Å²) in [5.41, 5.74) is 0. The summed E-state index contributed by atoms with van der Waals surface area (Å²) in [6.45, 7) is 0. The highest BCUT2D eigenvalue weighted by molar-refractivity contribution is 8.00. The molecule has 2 atom stereocenters. The number of rotatable bonds is 5. The van der Waals surface area contributed by atoms with E-state index in [9.17, 15) is 17.6 Å². The molecule has 2 saturated heterocycles. The van der Waals surface area contributed by atoms with Crippen molar-refractivity contribution in [2.45, 2.75) is 52.8 Å². The lowest BCUT2D eigenvalue weighted by Crippen LogP contribution is -2.50.